The van der Waals surface area contributed by atoms with Crippen LogP contribution in [-0.2, 0) is 21.3 Å². The number of methoxy groups -OCH3 is 1. The molecule has 1 N–H and O–H groups in total. The zero-order valence-electron chi connectivity index (χ0n) is 10.5. The lowest BCUT2D eigenvalue weighted by Gasteiger charge is -2.08. The lowest BCUT2D eigenvalue weighted by Crippen LogP contribution is -2.27. The van der Waals surface area contributed by atoms with Crippen LogP contribution < -0.4 is 4.72 Å². The van der Waals surface area contributed by atoms with Gasteiger partial charge in [-0.05, 0) is 13.3 Å². The number of hydrogen-bond acceptors (Lipinski definition) is 4. The van der Waals surface area contributed by atoms with Gasteiger partial charge < -0.3 is 9.30 Å². The molecule has 0 saturated heterocycles. The van der Waals surface area contributed by atoms with Gasteiger partial charge >= 0.3 is 0 Å². The van der Waals surface area contributed by atoms with Crippen molar-refractivity contribution in [2.75, 3.05) is 20.3 Å². The quantitative estimate of drug-likeness (QED) is 0.721. The summed E-state index contributed by atoms with van der Waals surface area (Å²) < 4.78 is 32.7. The average Bonchev–Trinajstić information content (AvgIpc) is 2.78. The Morgan fingerprint density at radius 3 is 2.89 bits per heavy atom. The fourth-order valence-corrected chi connectivity index (χ4v) is 2.57. The highest BCUT2D eigenvalue weighted by atomic mass is 35.5. The van der Waals surface area contributed by atoms with E-state index >= 15 is 0 Å². The van der Waals surface area contributed by atoms with Crippen LogP contribution in [0, 0.1) is 0 Å². The molecule has 1 unspecified atom stereocenters. The minimum atomic E-state index is -3.54. The zero-order valence-corrected chi connectivity index (χ0v) is 12.0. The third-order valence-electron chi connectivity index (χ3n) is 2.35. The molecule has 104 valence electrons. The number of aryl methyl sites for hydroxylation is 1. The SMILES string of the molecule is CCn1cnc(S(=O)(=O)NCCC(Cl)COC)c1. The van der Waals surface area contributed by atoms with E-state index in [1.807, 2.05) is 6.92 Å². The molecular formula is C10H18ClN3O3S. The lowest BCUT2D eigenvalue weighted by molar-refractivity contribution is 0.196. The van der Waals surface area contributed by atoms with Gasteiger partial charge in [-0.2, -0.15) is 0 Å². The summed E-state index contributed by atoms with van der Waals surface area (Å²) in [6.45, 7) is 3.25. The fraction of sp³-hybridized carbons (Fsp3) is 0.700. The second kappa shape index (κ2) is 7.08. The molecule has 0 aliphatic carbocycles. The highest BCUT2D eigenvalue weighted by Crippen LogP contribution is 2.06. The average molecular weight is 296 g/mol. The second-order valence-electron chi connectivity index (χ2n) is 3.78. The van der Waals surface area contributed by atoms with E-state index in [1.165, 1.54) is 12.5 Å². The van der Waals surface area contributed by atoms with Gasteiger partial charge in [-0.1, -0.05) is 0 Å². The van der Waals surface area contributed by atoms with Gasteiger partial charge in [0.2, 0.25) is 0 Å². The van der Waals surface area contributed by atoms with Crippen LogP contribution in [0.25, 0.3) is 0 Å². The third-order valence-corrected chi connectivity index (χ3v) is 4.04. The highest BCUT2D eigenvalue weighted by Gasteiger charge is 2.17. The second-order valence-corrected chi connectivity index (χ2v) is 6.11. The Balaban J connectivity index is 2.50. The third kappa shape index (κ3) is 4.56. The van der Waals surface area contributed by atoms with Crippen molar-refractivity contribution in [2.24, 2.45) is 0 Å². The lowest BCUT2D eigenvalue weighted by atomic mass is 10.3. The predicted octanol–water partition coefficient (Wildman–Crippen LogP) is 0.825. The summed E-state index contributed by atoms with van der Waals surface area (Å²) in [6.07, 6.45) is 3.49. The number of nitrogens with one attached hydrogen (secondary N) is 1. The van der Waals surface area contributed by atoms with E-state index in [0.717, 1.165) is 0 Å². The predicted molar refractivity (Wildman–Crippen MR) is 69.2 cm³/mol. The minimum Gasteiger partial charge on any atom is -0.383 e. The maximum Gasteiger partial charge on any atom is 0.259 e. The summed E-state index contributed by atoms with van der Waals surface area (Å²) in [4.78, 5) is 3.85. The van der Waals surface area contributed by atoms with Crippen LogP contribution >= 0.6 is 11.6 Å². The van der Waals surface area contributed by atoms with Crippen molar-refractivity contribution >= 4 is 21.6 Å². The first kappa shape index (κ1) is 15.4. The smallest absolute Gasteiger partial charge is 0.259 e. The van der Waals surface area contributed by atoms with Crippen molar-refractivity contribution in [2.45, 2.75) is 30.3 Å². The topological polar surface area (TPSA) is 73.2 Å². The molecule has 6 nitrogen and oxygen atoms in total. The molecule has 0 aliphatic heterocycles. The Kier molecular flexibility index (Phi) is 6.07. The molecule has 0 bridgehead atoms. The molecule has 0 saturated carbocycles. The maximum atomic E-state index is 11.8. The van der Waals surface area contributed by atoms with E-state index in [4.69, 9.17) is 16.3 Å². The minimum absolute atomic E-state index is 0.0298. The molecule has 0 fully saturated rings. The molecule has 18 heavy (non-hydrogen) atoms. The van der Waals surface area contributed by atoms with E-state index in [9.17, 15) is 8.42 Å². The van der Waals surface area contributed by atoms with Crippen molar-refractivity contribution in [3.63, 3.8) is 0 Å². The monoisotopic (exact) mass is 295 g/mol. The van der Waals surface area contributed by atoms with Crippen LogP contribution in [0.5, 0.6) is 0 Å². The Bertz CT molecular complexity index is 461. The summed E-state index contributed by atoms with van der Waals surface area (Å²) in [5, 5.41) is -0.173. The zero-order chi connectivity index (χ0) is 13.6. The van der Waals surface area contributed by atoms with Gasteiger partial charge in [0.05, 0.1) is 18.3 Å². The van der Waals surface area contributed by atoms with E-state index < -0.39 is 10.0 Å². The number of ether oxygens (including phenoxy) is 1. The van der Waals surface area contributed by atoms with Gasteiger partial charge in [0, 0.05) is 26.4 Å². The normalized spacial score (nSPS) is 13.7. The van der Waals surface area contributed by atoms with Crippen molar-refractivity contribution in [3.05, 3.63) is 12.5 Å². The largest absolute Gasteiger partial charge is 0.383 e. The van der Waals surface area contributed by atoms with Crippen molar-refractivity contribution in [1.82, 2.24) is 14.3 Å². The standard InChI is InChI=1S/C10H18ClN3O3S/c1-3-14-6-10(12-8-14)18(15,16)13-5-4-9(11)7-17-2/h6,8-9,13H,3-5,7H2,1-2H3. The summed E-state index contributed by atoms with van der Waals surface area (Å²) in [5.41, 5.74) is 0. The van der Waals surface area contributed by atoms with Crippen molar-refractivity contribution in [3.8, 4) is 0 Å². The summed E-state index contributed by atoms with van der Waals surface area (Å²) in [7, 11) is -1.99. The van der Waals surface area contributed by atoms with Crippen molar-refractivity contribution < 1.29 is 13.2 Å². The van der Waals surface area contributed by atoms with Crippen LogP contribution in [0.1, 0.15) is 13.3 Å². The van der Waals surface area contributed by atoms with Gasteiger partial charge in [-0.25, -0.2) is 18.1 Å². The number of alkyl halides is 1. The molecular weight excluding hydrogens is 278 g/mol. The number of sulfonamides is 1. The van der Waals surface area contributed by atoms with Gasteiger partial charge in [0.15, 0.2) is 5.03 Å². The number of nitrogens with zero attached hydrogens (tertiary/aromatic N) is 2. The number of hydrogen-bond donors (Lipinski definition) is 1. The van der Waals surface area contributed by atoms with E-state index in [1.54, 1.807) is 11.7 Å². The van der Waals surface area contributed by atoms with Crippen LogP contribution in [-0.4, -0.2) is 43.6 Å². The number of imidazole rings is 1. The first-order valence-corrected chi connectivity index (χ1v) is 7.56. The van der Waals surface area contributed by atoms with Crippen LogP contribution in [0.3, 0.4) is 0 Å². The van der Waals surface area contributed by atoms with Crippen molar-refractivity contribution in [1.29, 1.82) is 0 Å². The molecule has 8 heteroatoms. The van der Waals surface area contributed by atoms with Crippen LogP contribution in [0.15, 0.2) is 17.6 Å². The molecule has 1 atom stereocenters. The molecule has 0 aliphatic rings. The van der Waals surface area contributed by atoms with E-state index in [-0.39, 0.29) is 16.9 Å². The molecule has 1 aromatic heterocycles. The molecule has 0 spiro atoms. The fourth-order valence-electron chi connectivity index (χ4n) is 1.34. The number of aromatic nitrogens is 2. The molecule has 0 radical (unpaired) electrons. The summed E-state index contributed by atoms with van der Waals surface area (Å²) >= 11 is 5.90. The molecule has 0 amide bonds. The first-order valence-electron chi connectivity index (χ1n) is 5.64. The Hall–Kier alpha value is -0.630. The molecule has 1 heterocycles. The number of rotatable bonds is 8. The molecule has 0 aromatic carbocycles. The van der Waals surface area contributed by atoms with Gasteiger partial charge in [0.1, 0.15) is 0 Å². The van der Waals surface area contributed by atoms with Gasteiger partial charge in [-0.3, -0.25) is 0 Å². The molecule has 1 aromatic rings. The van der Waals surface area contributed by atoms with Crippen LogP contribution in [0.2, 0.25) is 0 Å². The van der Waals surface area contributed by atoms with Gasteiger partial charge in [-0.15, -0.1) is 11.6 Å². The summed E-state index contributed by atoms with van der Waals surface area (Å²) in [5.74, 6) is 0. The highest BCUT2D eigenvalue weighted by molar-refractivity contribution is 7.89. The van der Waals surface area contributed by atoms with Gasteiger partial charge in [0.25, 0.3) is 10.0 Å². The van der Waals surface area contributed by atoms with Crippen LogP contribution in [0.4, 0.5) is 0 Å². The Morgan fingerprint density at radius 1 is 1.61 bits per heavy atom. The molecule has 1 rings (SSSR count). The Morgan fingerprint density at radius 2 is 2.33 bits per heavy atom. The number of halogens is 1. The Labute approximate surface area is 112 Å². The maximum absolute atomic E-state index is 11.8. The summed E-state index contributed by atoms with van der Waals surface area (Å²) in [6, 6.07) is 0. The van der Waals surface area contributed by atoms with E-state index in [0.29, 0.717) is 19.6 Å². The first-order chi connectivity index (χ1) is 8.49. The van der Waals surface area contributed by atoms with E-state index in [2.05, 4.69) is 9.71 Å².